The third-order valence-electron chi connectivity index (χ3n) is 3.79. The molecule has 0 bridgehead atoms. The van der Waals surface area contributed by atoms with E-state index in [9.17, 15) is 0 Å². The molecule has 1 aliphatic heterocycles. The summed E-state index contributed by atoms with van der Waals surface area (Å²) in [6.07, 6.45) is 1.12. The molecule has 4 heteroatoms. The Morgan fingerprint density at radius 1 is 1.45 bits per heavy atom. The summed E-state index contributed by atoms with van der Waals surface area (Å²) in [5.74, 6) is 1.26. The van der Waals surface area contributed by atoms with Crippen molar-refractivity contribution >= 4 is 23.4 Å². The lowest BCUT2D eigenvalue weighted by molar-refractivity contribution is 0.268. The van der Waals surface area contributed by atoms with Gasteiger partial charge in [0.1, 0.15) is 0 Å². The zero-order valence-electron chi connectivity index (χ0n) is 12.4. The van der Waals surface area contributed by atoms with Crippen LogP contribution < -0.4 is 5.32 Å². The zero-order chi connectivity index (χ0) is 14.4. The highest BCUT2D eigenvalue weighted by Gasteiger charge is 2.19. The SMILES string of the molecule is CCNC(CCN1CCSC(C)C1)c1ccccc1Cl. The van der Waals surface area contributed by atoms with E-state index in [1.54, 1.807) is 0 Å². The maximum absolute atomic E-state index is 6.34. The van der Waals surface area contributed by atoms with E-state index in [1.165, 1.54) is 24.4 Å². The number of nitrogens with one attached hydrogen (secondary N) is 1. The fraction of sp³-hybridized carbons (Fsp3) is 0.625. The van der Waals surface area contributed by atoms with Gasteiger partial charge in [-0.2, -0.15) is 11.8 Å². The number of halogens is 1. The van der Waals surface area contributed by atoms with Crippen LogP contribution in [-0.2, 0) is 0 Å². The Labute approximate surface area is 132 Å². The fourth-order valence-electron chi connectivity index (χ4n) is 2.78. The second-order valence-electron chi connectivity index (χ2n) is 5.40. The molecule has 2 rings (SSSR count). The van der Waals surface area contributed by atoms with Gasteiger partial charge in [-0.25, -0.2) is 0 Å². The molecule has 1 saturated heterocycles. The summed E-state index contributed by atoms with van der Waals surface area (Å²) in [6, 6.07) is 8.56. The molecule has 0 amide bonds. The number of thioether (sulfide) groups is 1. The van der Waals surface area contributed by atoms with Gasteiger partial charge in [0.2, 0.25) is 0 Å². The van der Waals surface area contributed by atoms with Crippen LogP contribution in [0.1, 0.15) is 31.9 Å². The molecule has 1 aliphatic rings. The van der Waals surface area contributed by atoms with Gasteiger partial charge in [-0.15, -0.1) is 0 Å². The van der Waals surface area contributed by atoms with Crippen molar-refractivity contribution in [3.8, 4) is 0 Å². The molecule has 2 atom stereocenters. The van der Waals surface area contributed by atoms with Crippen molar-refractivity contribution in [3.63, 3.8) is 0 Å². The number of benzene rings is 1. The molecule has 2 nitrogen and oxygen atoms in total. The lowest BCUT2D eigenvalue weighted by atomic mass is 10.0. The molecule has 0 spiro atoms. The molecule has 0 aromatic heterocycles. The Kier molecular flexibility index (Phi) is 6.69. The summed E-state index contributed by atoms with van der Waals surface area (Å²) in [6.45, 7) is 9.04. The molecule has 0 radical (unpaired) electrons. The van der Waals surface area contributed by atoms with Crippen LogP contribution in [0.5, 0.6) is 0 Å². The summed E-state index contributed by atoms with van der Waals surface area (Å²) in [4.78, 5) is 2.59. The summed E-state index contributed by atoms with van der Waals surface area (Å²) in [5.41, 5.74) is 1.23. The molecule has 1 fully saturated rings. The van der Waals surface area contributed by atoms with Gasteiger partial charge in [-0.05, 0) is 24.6 Å². The quantitative estimate of drug-likeness (QED) is 0.859. The van der Waals surface area contributed by atoms with Crippen LogP contribution in [0.25, 0.3) is 0 Å². The van der Waals surface area contributed by atoms with Gasteiger partial charge in [0, 0.05) is 41.7 Å². The van der Waals surface area contributed by atoms with E-state index in [4.69, 9.17) is 11.6 Å². The first-order chi connectivity index (χ1) is 9.70. The van der Waals surface area contributed by atoms with Gasteiger partial charge in [-0.3, -0.25) is 0 Å². The molecule has 112 valence electrons. The lowest BCUT2D eigenvalue weighted by Gasteiger charge is -2.32. The molecule has 0 saturated carbocycles. The largest absolute Gasteiger partial charge is 0.310 e. The topological polar surface area (TPSA) is 15.3 Å². The Balaban J connectivity index is 1.94. The summed E-state index contributed by atoms with van der Waals surface area (Å²) < 4.78 is 0. The molecule has 20 heavy (non-hydrogen) atoms. The van der Waals surface area contributed by atoms with Crippen LogP contribution in [0.3, 0.4) is 0 Å². The average molecular weight is 313 g/mol. The van der Waals surface area contributed by atoms with Crippen LogP contribution in [-0.4, -0.2) is 42.1 Å². The Morgan fingerprint density at radius 2 is 2.25 bits per heavy atom. The predicted molar refractivity (Wildman–Crippen MR) is 90.8 cm³/mol. The van der Waals surface area contributed by atoms with E-state index in [0.717, 1.165) is 29.8 Å². The molecule has 1 aromatic carbocycles. The van der Waals surface area contributed by atoms with Gasteiger partial charge >= 0.3 is 0 Å². The maximum Gasteiger partial charge on any atom is 0.0453 e. The molecule has 0 aliphatic carbocycles. The van der Waals surface area contributed by atoms with E-state index >= 15 is 0 Å². The molecule has 2 unspecified atom stereocenters. The van der Waals surface area contributed by atoms with E-state index in [0.29, 0.717) is 6.04 Å². The first-order valence-electron chi connectivity index (χ1n) is 7.52. The molecule has 1 heterocycles. The van der Waals surface area contributed by atoms with E-state index in [-0.39, 0.29) is 0 Å². The zero-order valence-corrected chi connectivity index (χ0v) is 14.0. The number of hydrogen-bond donors (Lipinski definition) is 1. The van der Waals surface area contributed by atoms with Gasteiger partial charge in [0.15, 0.2) is 0 Å². The van der Waals surface area contributed by atoms with Crippen LogP contribution in [0.2, 0.25) is 5.02 Å². The first-order valence-corrected chi connectivity index (χ1v) is 8.95. The number of rotatable bonds is 6. The Bertz CT molecular complexity index is 413. The third kappa shape index (κ3) is 4.66. The van der Waals surface area contributed by atoms with Crippen molar-refractivity contribution in [2.45, 2.75) is 31.6 Å². The van der Waals surface area contributed by atoms with Crippen molar-refractivity contribution < 1.29 is 0 Å². The second-order valence-corrected chi connectivity index (χ2v) is 7.36. The monoisotopic (exact) mass is 312 g/mol. The van der Waals surface area contributed by atoms with Gasteiger partial charge in [0.25, 0.3) is 0 Å². The molecule has 1 N–H and O–H groups in total. The normalized spacial score (nSPS) is 21.9. The number of hydrogen-bond acceptors (Lipinski definition) is 3. The van der Waals surface area contributed by atoms with Crippen molar-refractivity contribution in [1.82, 2.24) is 10.2 Å². The van der Waals surface area contributed by atoms with E-state index in [1.807, 2.05) is 12.1 Å². The fourth-order valence-corrected chi connectivity index (χ4v) is 4.13. The number of nitrogens with zero attached hydrogens (tertiary/aromatic N) is 1. The maximum atomic E-state index is 6.34. The first kappa shape index (κ1) is 16.2. The molecule has 1 aromatic rings. The van der Waals surface area contributed by atoms with Gasteiger partial charge < -0.3 is 10.2 Å². The molecular weight excluding hydrogens is 288 g/mol. The highest BCUT2D eigenvalue weighted by atomic mass is 35.5. The van der Waals surface area contributed by atoms with Crippen molar-refractivity contribution in [3.05, 3.63) is 34.9 Å². The standard InChI is InChI=1S/C16H25ClN2S/c1-3-18-16(14-6-4-5-7-15(14)17)8-9-19-10-11-20-13(2)12-19/h4-7,13,16,18H,3,8-12H2,1-2H3. The smallest absolute Gasteiger partial charge is 0.0453 e. The molecular formula is C16H25ClN2S. The van der Waals surface area contributed by atoms with E-state index < -0.39 is 0 Å². The Hall–Kier alpha value is -0.220. The summed E-state index contributed by atoms with van der Waals surface area (Å²) >= 11 is 8.43. The highest BCUT2D eigenvalue weighted by Crippen LogP contribution is 2.26. The van der Waals surface area contributed by atoms with Crippen LogP contribution >= 0.6 is 23.4 Å². The van der Waals surface area contributed by atoms with Crippen LogP contribution in [0.4, 0.5) is 0 Å². The summed E-state index contributed by atoms with van der Waals surface area (Å²) in [7, 11) is 0. The second kappa shape index (κ2) is 8.28. The summed E-state index contributed by atoms with van der Waals surface area (Å²) in [5, 5.41) is 5.22. The van der Waals surface area contributed by atoms with Gasteiger partial charge in [-0.1, -0.05) is 43.6 Å². The Morgan fingerprint density at radius 3 is 2.95 bits per heavy atom. The van der Waals surface area contributed by atoms with E-state index in [2.05, 4.69) is 48.0 Å². The minimum Gasteiger partial charge on any atom is -0.310 e. The van der Waals surface area contributed by atoms with Crippen LogP contribution in [0, 0.1) is 0 Å². The minimum absolute atomic E-state index is 0.360. The van der Waals surface area contributed by atoms with Gasteiger partial charge in [0.05, 0.1) is 0 Å². The van der Waals surface area contributed by atoms with Crippen LogP contribution in [0.15, 0.2) is 24.3 Å². The lowest BCUT2D eigenvalue weighted by Crippen LogP contribution is -2.38. The predicted octanol–water partition coefficient (Wildman–Crippen LogP) is 3.82. The average Bonchev–Trinajstić information content (AvgIpc) is 2.44. The van der Waals surface area contributed by atoms with Crippen molar-refractivity contribution in [1.29, 1.82) is 0 Å². The third-order valence-corrected chi connectivity index (χ3v) is 5.27. The van der Waals surface area contributed by atoms with Crippen molar-refractivity contribution in [2.75, 3.05) is 31.9 Å². The minimum atomic E-state index is 0.360. The van der Waals surface area contributed by atoms with Crippen molar-refractivity contribution in [2.24, 2.45) is 0 Å². The highest BCUT2D eigenvalue weighted by molar-refractivity contribution is 7.99.